The highest BCUT2D eigenvalue weighted by molar-refractivity contribution is 5.94. The molecule has 2 aliphatic heterocycles. The molecule has 1 aromatic rings. The second kappa shape index (κ2) is 5.17. The number of rotatable bonds is 1. The summed E-state index contributed by atoms with van der Waals surface area (Å²) in [6.45, 7) is 3.85. The predicted molar refractivity (Wildman–Crippen MR) is 73.8 cm³/mol. The lowest BCUT2D eigenvalue weighted by atomic mass is 9.99. The molecule has 3 rings (SSSR count). The van der Waals surface area contributed by atoms with E-state index >= 15 is 0 Å². The van der Waals surface area contributed by atoms with Gasteiger partial charge in [-0.3, -0.25) is 9.69 Å². The molecule has 19 heavy (non-hydrogen) atoms. The lowest BCUT2D eigenvalue weighted by Crippen LogP contribution is -2.56. The van der Waals surface area contributed by atoms with E-state index in [1.54, 1.807) is 18.3 Å². The molecular weight excluding hydrogens is 240 g/mol. The molecule has 0 aromatic carbocycles. The lowest BCUT2D eigenvalue weighted by Gasteiger charge is -2.44. The molecule has 0 saturated carbocycles. The number of hydrogen-bond donors (Lipinski definition) is 1. The summed E-state index contributed by atoms with van der Waals surface area (Å²) in [5.41, 5.74) is 6.29. The molecule has 102 valence electrons. The highest BCUT2D eigenvalue weighted by atomic mass is 16.2. The van der Waals surface area contributed by atoms with Gasteiger partial charge in [-0.05, 0) is 31.5 Å². The normalized spacial score (nSPS) is 24.0. The monoisotopic (exact) mass is 260 g/mol. The third kappa shape index (κ3) is 2.56. The van der Waals surface area contributed by atoms with E-state index in [4.69, 9.17) is 5.73 Å². The Hall–Kier alpha value is -1.62. The maximum atomic E-state index is 12.5. The Bertz CT molecular complexity index is 476. The number of nitrogen functional groups attached to an aromatic ring is 1. The Labute approximate surface area is 113 Å². The van der Waals surface area contributed by atoms with Crippen LogP contribution in [0.5, 0.6) is 0 Å². The van der Waals surface area contributed by atoms with E-state index in [-0.39, 0.29) is 5.91 Å². The molecule has 0 spiro atoms. The second-order valence-electron chi connectivity index (χ2n) is 5.41. The number of nitrogens with two attached hydrogens (primary N) is 1. The largest absolute Gasteiger partial charge is 0.384 e. The fourth-order valence-corrected chi connectivity index (χ4v) is 3.10. The Morgan fingerprint density at radius 1 is 1.32 bits per heavy atom. The number of anilines is 1. The van der Waals surface area contributed by atoms with Gasteiger partial charge in [-0.1, -0.05) is 6.42 Å². The summed E-state index contributed by atoms with van der Waals surface area (Å²) < 4.78 is 0. The molecule has 1 aromatic heterocycles. The topological polar surface area (TPSA) is 62.5 Å². The Morgan fingerprint density at radius 3 is 3.05 bits per heavy atom. The van der Waals surface area contributed by atoms with Crippen molar-refractivity contribution in [2.45, 2.75) is 25.3 Å². The zero-order chi connectivity index (χ0) is 13.2. The summed E-state index contributed by atoms with van der Waals surface area (Å²) in [4.78, 5) is 20.9. The molecule has 2 N–H and O–H groups in total. The minimum absolute atomic E-state index is 0.0827. The number of amides is 1. The van der Waals surface area contributed by atoms with E-state index in [0.29, 0.717) is 17.4 Å². The molecule has 2 saturated heterocycles. The van der Waals surface area contributed by atoms with Crippen molar-refractivity contribution < 1.29 is 4.79 Å². The number of hydrogen-bond acceptors (Lipinski definition) is 4. The molecule has 3 heterocycles. The van der Waals surface area contributed by atoms with E-state index in [1.165, 1.54) is 25.8 Å². The number of fused-ring (bicyclic) bond motifs is 1. The van der Waals surface area contributed by atoms with Crippen molar-refractivity contribution in [1.82, 2.24) is 14.8 Å². The highest BCUT2D eigenvalue weighted by Gasteiger charge is 2.31. The van der Waals surface area contributed by atoms with Crippen molar-refractivity contribution in [3.63, 3.8) is 0 Å². The summed E-state index contributed by atoms with van der Waals surface area (Å²) in [5, 5.41) is 0. The van der Waals surface area contributed by atoms with Gasteiger partial charge >= 0.3 is 0 Å². The summed E-state index contributed by atoms with van der Waals surface area (Å²) in [7, 11) is 0. The minimum atomic E-state index is 0.0827. The van der Waals surface area contributed by atoms with Crippen LogP contribution in [0.3, 0.4) is 0 Å². The van der Waals surface area contributed by atoms with Crippen LogP contribution in [-0.2, 0) is 0 Å². The molecule has 0 aliphatic carbocycles. The number of piperidine rings is 1. The van der Waals surface area contributed by atoms with Gasteiger partial charge in [-0.25, -0.2) is 4.98 Å². The van der Waals surface area contributed by atoms with E-state index in [1.807, 2.05) is 4.90 Å². The number of pyridine rings is 1. The average molecular weight is 260 g/mol. The van der Waals surface area contributed by atoms with Gasteiger partial charge in [0, 0.05) is 37.4 Å². The van der Waals surface area contributed by atoms with Crippen molar-refractivity contribution >= 4 is 11.7 Å². The molecule has 1 atom stereocenters. The van der Waals surface area contributed by atoms with Crippen LogP contribution < -0.4 is 5.73 Å². The third-order valence-corrected chi connectivity index (χ3v) is 4.15. The molecule has 0 bridgehead atoms. The molecule has 1 unspecified atom stereocenters. The second-order valence-corrected chi connectivity index (χ2v) is 5.41. The SMILES string of the molecule is Nc1cc(C(=O)N2CCN3CCCCC3C2)ccn1. The first-order chi connectivity index (χ1) is 9.24. The fraction of sp³-hybridized carbons (Fsp3) is 0.571. The van der Waals surface area contributed by atoms with Crippen molar-refractivity contribution in [3.05, 3.63) is 23.9 Å². The maximum Gasteiger partial charge on any atom is 0.254 e. The molecule has 5 heteroatoms. The molecule has 2 aliphatic rings. The van der Waals surface area contributed by atoms with Gasteiger partial charge in [0.15, 0.2) is 0 Å². The van der Waals surface area contributed by atoms with Crippen LogP contribution in [0.4, 0.5) is 5.82 Å². The third-order valence-electron chi connectivity index (χ3n) is 4.15. The zero-order valence-corrected chi connectivity index (χ0v) is 11.1. The van der Waals surface area contributed by atoms with Gasteiger partial charge in [-0.2, -0.15) is 0 Å². The van der Waals surface area contributed by atoms with E-state index in [2.05, 4.69) is 9.88 Å². The first-order valence-corrected chi connectivity index (χ1v) is 6.99. The summed E-state index contributed by atoms with van der Waals surface area (Å²) in [5.74, 6) is 0.487. The standard InChI is InChI=1S/C14H20N4O/c15-13-9-11(4-5-16-13)14(19)18-8-7-17-6-2-1-3-12(17)10-18/h4-5,9,12H,1-3,6-8,10H2,(H2,15,16). The maximum absolute atomic E-state index is 12.5. The van der Waals surface area contributed by atoms with Crippen molar-refractivity contribution in [3.8, 4) is 0 Å². The number of piperazine rings is 1. The number of carbonyl (C=O) groups excluding carboxylic acids is 1. The first-order valence-electron chi connectivity index (χ1n) is 6.99. The van der Waals surface area contributed by atoms with E-state index in [9.17, 15) is 4.79 Å². The predicted octanol–water partition coefficient (Wildman–Crippen LogP) is 0.974. The molecule has 1 amide bonds. The minimum Gasteiger partial charge on any atom is -0.384 e. The van der Waals surface area contributed by atoms with Crippen molar-refractivity contribution in [2.75, 3.05) is 31.9 Å². The van der Waals surface area contributed by atoms with Gasteiger partial charge in [-0.15, -0.1) is 0 Å². The van der Waals surface area contributed by atoms with E-state index in [0.717, 1.165) is 19.6 Å². The summed E-state index contributed by atoms with van der Waals surface area (Å²) >= 11 is 0. The number of carbonyl (C=O) groups is 1. The van der Waals surface area contributed by atoms with Crippen LogP contribution in [0.15, 0.2) is 18.3 Å². The van der Waals surface area contributed by atoms with Crippen molar-refractivity contribution in [2.24, 2.45) is 0 Å². The Balaban J connectivity index is 1.71. The number of aromatic nitrogens is 1. The summed E-state index contributed by atoms with van der Waals surface area (Å²) in [6, 6.07) is 3.95. The molecular formula is C14H20N4O. The van der Waals surface area contributed by atoms with Crippen LogP contribution in [0.25, 0.3) is 0 Å². The quantitative estimate of drug-likeness (QED) is 0.817. The Morgan fingerprint density at radius 2 is 2.21 bits per heavy atom. The van der Waals surface area contributed by atoms with Crippen LogP contribution in [0.1, 0.15) is 29.6 Å². The molecule has 5 nitrogen and oxygen atoms in total. The van der Waals surface area contributed by atoms with Crippen LogP contribution in [-0.4, -0.2) is 52.9 Å². The summed E-state index contributed by atoms with van der Waals surface area (Å²) in [6.07, 6.45) is 5.39. The van der Waals surface area contributed by atoms with Gasteiger partial charge < -0.3 is 10.6 Å². The van der Waals surface area contributed by atoms with Gasteiger partial charge in [0.1, 0.15) is 5.82 Å². The average Bonchev–Trinajstić information content (AvgIpc) is 2.46. The molecule has 2 fully saturated rings. The zero-order valence-electron chi connectivity index (χ0n) is 11.1. The van der Waals surface area contributed by atoms with Gasteiger partial charge in [0.2, 0.25) is 0 Å². The van der Waals surface area contributed by atoms with Crippen LogP contribution >= 0.6 is 0 Å². The van der Waals surface area contributed by atoms with Crippen LogP contribution in [0, 0.1) is 0 Å². The first kappa shape index (κ1) is 12.4. The smallest absolute Gasteiger partial charge is 0.254 e. The van der Waals surface area contributed by atoms with Crippen LogP contribution in [0.2, 0.25) is 0 Å². The fourth-order valence-electron chi connectivity index (χ4n) is 3.10. The van der Waals surface area contributed by atoms with E-state index < -0.39 is 0 Å². The molecule has 0 radical (unpaired) electrons. The van der Waals surface area contributed by atoms with Gasteiger partial charge in [0.25, 0.3) is 5.91 Å². The van der Waals surface area contributed by atoms with Gasteiger partial charge in [0.05, 0.1) is 0 Å². The highest BCUT2D eigenvalue weighted by Crippen LogP contribution is 2.22. The lowest BCUT2D eigenvalue weighted by molar-refractivity contribution is 0.0372. The van der Waals surface area contributed by atoms with Crippen molar-refractivity contribution in [1.29, 1.82) is 0 Å². The number of nitrogens with zero attached hydrogens (tertiary/aromatic N) is 3. The Kier molecular flexibility index (Phi) is 3.38.